The number of aryl methyl sites for hydroxylation is 2. The van der Waals surface area contributed by atoms with Crippen molar-refractivity contribution in [2.45, 2.75) is 19.9 Å². The number of benzene rings is 1. The second kappa shape index (κ2) is 6.17. The molecule has 2 heterocycles. The number of hydrogen-bond donors (Lipinski definition) is 0. The maximum atomic E-state index is 6.16. The molecule has 0 aliphatic heterocycles. The normalized spacial score (nSPS) is 11.4. The third kappa shape index (κ3) is 3.07. The molecule has 0 N–H and O–H groups in total. The van der Waals surface area contributed by atoms with Crippen LogP contribution in [0.1, 0.15) is 15.6 Å². The van der Waals surface area contributed by atoms with Gasteiger partial charge < -0.3 is 4.57 Å². The minimum atomic E-state index is 0.526. The van der Waals surface area contributed by atoms with Crippen molar-refractivity contribution in [2.24, 2.45) is 0 Å². The molecule has 0 spiro atoms. The molecule has 0 atom stereocenters. The molecule has 3 rings (SSSR count). The van der Waals surface area contributed by atoms with Crippen LogP contribution in [0.2, 0.25) is 10.0 Å². The number of alkyl halides is 1. The number of imidazole rings is 1. The molecule has 1 aromatic carbocycles. The van der Waals surface area contributed by atoms with Crippen molar-refractivity contribution in [3.05, 3.63) is 49.9 Å². The van der Waals surface area contributed by atoms with Gasteiger partial charge in [-0.1, -0.05) is 23.2 Å². The average molecular weight is 360 g/mol. The van der Waals surface area contributed by atoms with Gasteiger partial charge in [0, 0.05) is 22.1 Å². The predicted octanol–water partition coefficient (Wildman–Crippen LogP) is 5.54. The maximum absolute atomic E-state index is 6.16. The van der Waals surface area contributed by atoms with Crippen LogP contribution in [0.3, 0.4) is 0 Å². The first-order valence-electron chi connectivity index (χ1n) is 6.54. The molecule has 3 aromatic rings. The Bertz CT molecular complexity index is 792. The lowest BCUT2D eigenvalue weighted by molar-refractivity contribution is 0.763. The Morgan fingerprint density at radius 1 is 1.19 bits per heavy atom. The fourth-order valence-corrected chi connectivity index (χ4v) is 3.71. The number of thiophene rings is 1. The monoisotopic (exact) mass is 358 g/mol. The number of halogens is 3. The molecule has 0 aliphatic rings. The van der Waals surface area contributed by atoms with Gasteiger partial charge >= 0.3 is 0 Å². The van der Waals surface area contributed by atoms with Gasteiger partial charge in [0.2, 0.25) is 0 Å². The quantitative estimate of drug-likeness (QED) is 0.559. The van der Waals surface area contributed by atoms with Crippen molar-refractivity contribution in [3.8, 4) is 0 Å². The Balaban J connectivity index is 2.12. The topological polar surface area (TPSA) is 17.8 Å². The summed E-state index contributed by atoms with van der Waals surface area (Å²) in [6.07, 6.45) is 0.718. The van der Waals surface area contributed by atoms with Crippen LogP contribution in [0.5, 0.6) is 0 Å². The van der Waals surface area contributed by atoms with Crippen molar-refractivity contribution in [1.82, 2.24) is 9.55 Å². The first-order chi connectivity index (χ1) is 10.1. The second-order valence-electron chi connectivity index (χ2n) is 4.82. The highest BCUT2D eigenvalue weighted by Gasteiger charge is 2.13. The number of aromatic nitrogens is 2. The van der Waals surface area contributed by atoms with Gasteiger partial charge in [-0.2, -0.15) is 0 Å². The summed E-state index contributed by atoms with van der Waals surface area (Å²) in [6.45, 7) is 2.88. The van der Waals surface area contributed by atoms with Gasteiger partial charge in [-0.3, -0.25) is 0 Å². The van der Waals surface area contributed by atoms with Crippen LogP contribution in [0.15, 0.2) is 24.3 Å². The van der Waals surface area contributed by atoms with Crippen LogP contribution in [0, 0.1) is 6.92 Å². The van der Waals surface area contributed by atoms with Crippen LogP contribution < -0.4 is 0 Å². The standard InChI is InChI=1S/C15H13Cl3N2S/c1-9-2-3-10(21-9)8-20-14-7-12(18)11(17)6-13(14)19-15(20)4-5-16/h2-3,6-7H,4-5,8H2,1H3. The van der Waals surface area contributed by atoms with Gasteiger partial charge in [-0.15, -0.1) is 22.9 Å². The number of hydrogen-bond acceptors (Lipinski definition) is 2. The van der Waals surface area contributed by atoms with E-state index in [1.54, 1.807) is 11.3 Å². The van der Waals surface area contributed by atoms with Crippen LogP contribution >= 0.6 is 46.1 Å². The van der Waals surface area contributed by atoms with Crippen LogP contribution in [-0.4, -0.2) is 15.4 Å². The summed E-state index contributed by atoms with van der Waals surface area (Å²) in [5.41, 5.74) is 1.85. The zero-order valence-corrected chi connectivity index (χ0v) is 14.5. The molecule has 0 unspecified atom stereocenters. The smallest absolute Gasteiger partial charge is 0.111 e. The summed E-state index contributed by atoms with van der Waals surface area (Å²) < 4.78 is 2.17. The second-order valence-corrected chi connectivity index (χ2v) is 7.39. The Morgan fingerprint density at radius 3 is 2.62 bits per heavy atom. The highest BCUT2D eigenvalue weighted by molar-refractivity contribution is 7.11. The summed E-state index contributed by atoms with van der Waals surface area (Å²) >= 11 is 19.9. The fourth-order valence-electron chi connectivity index (χ4n) is 2.35. The van der Waals surface area contributed by atoms with E-state index in [0.29, 0.717) is 15.9 Å². The van der Waals surface area contributed by atoms with E-state index < -0.39 is 0 Å². The predicted molar refractivity (Wildman–Crippen MR) is 92.3 cm³/mol. The number of nitrogens with zero attached hydrogens (tertiary/aromatic N) is 2. The Labute approximate surface area is 142 Å². The summed E-state index contributed by atoms with van der Waals surface area (Å²) in [7, 11) is 0. The van der Waals surface area contributed by atoms with Crippen molar-refractivity contribution >= 4 is 57.2 Å². The molecule has 6 heteroatoms. The number of fused-ring (bicyclic) bond motifs is 1. The molecule has 0 bridgehead atoms. The minimum Gasteiger partial charge on any atom is -0.323 e. The van der Waals surface area contributed by atoms with Gasteiger partial charge in [0.05, 0.1) is 27.6 Å². The van der Waals surface area contributed by atoms with E-state index >= 15 is 0 Å². The fraction of sp³-hybridized carbons (Fsp3) is 0.267. The highest BCUT2D eigenvalue weighted by atomic mass is 35.5. The minimum absolute atomic E-state index is 0.526. The first-order valence-corrected chi connectivity index (χ1v) is 8.64. The Kier molecular flexibility index (Phi) is 4.46. The van der Waals surface area contributed by atoms with Gasteiger partial charge in [-0.05, 0) is 31.2 Å². The largest absolute Gasteiger partial charge is 0.323 e. The lowest BCUT2D eigenvalue weighted by Gasteiger charge is -2.07. The third-order valence-electron chi connectivity index (χ3n) is 3.30. The van der Waals surface area contributed by atoms with E-state index in [2.05, 4.69) is 28.6 Å². The van der Waals surface area contributed by atoms with E-state index in [0.717, 1.165) is 29.8 Å². The van der Waals surface area contributed by atoms with Crippen LogP contribution in [0.4, 0.5) is 0 Å². The summed E-state index contributed by atoms with van der Waals surface area (Å²) in [5, 5.41) is 1.07. The summed E-state index contributed by atoms with van der Waals surface area (Å²) in [5.74, 6) is 1.50. The molecule has 2 aromatic heterocycles. The van der Waals surface area contributed by atoms with Gasteiger partial charge in [0.15, 0.2) is 0 Å². The molecule has 110 valence electrons. The maximum Gasteiger partial charge on any atom is 0.111 e. The zero-order valence-electron chi connectivity index (χ0n) is 11.4. The van der Waals surface area contributed by atoms with Crippen molar-refractivity contribution in [1.29, 1.82) is 0 Å². The van der Waals surface area contributed by atoms with E-state index in [1.165, 1.54) is 9.75 Å². The molecule has 0 fully saturated rings. The lowest BCUT2D eigenvalue weighted by atomic mass is 10.3. The summed E-state index contributed by atoms with van der Waals surface area (Å²) in [4.78, 5) is 7.23. The molecule has 2 nitrogen and oxygen atoms in total. The van der Waals surface area contributed by atoms with E-state index in [-0.39, 0.29) is 0 Å². The van der Waals surface area contributed by atoms with Crippen LogP contribution in [0.25, 0.3) is 11.0 Å². The van der Waals surface area contributed by atoms with Gasteiger partial charge in [0.1, 0.15) is 5.82 Å². The zero-order chi connectivity index (χ0) is 15.0. The molecule has 0 saturated heterocycles. The van der Waals surface area contributed by atoms with E-state index in [1.807, 2.05) is 12.1 Å². The van der Waals surface area contributed by atoms with E-state index in [9.17, 15) is 0 Å². The van der Waals surface area contributed by atoms with Gasteiger partial charge in [-0.25, -0.2) is 4.98 Å². The SMILES string of the molecule is Cc1ccc(Cn2c(CCCl)nc3cc(Cl)c(Cl)cc32)s1. The van der Waals surface area contributed by atoms with Crippen molar-refractivity contribution in [2.75, 3.05) is 5.88 Å². The van der Waals surface area contributed by atoms with Crippen molar-refractivity contribution in [3.63, 3.8) is 0 Å². The average Bonchev–Trinajstić information content (AvgIpc) is 2.97. The molecule has 0 radical (unpaired) electrons. The Hall–Kier alpha value is -0.740. The van der Waals surface area contributed by atoms with Crippen molar-refractivity contribution < 1.29 is 0 Å². The molecule has 0 amide bonds. The van der Waals surface area contributed by atoms with Gasteiger partial charge in [0.25, 0.3) is 0 Å². The number of rotatable bonds is 4. The first kappa shape index (κ1) is 15.2. The molecule has 21 heavy (non-hydrogen) atoms. The molecule has 0 saturated carbocycles. The highest BCUT2D eigenvalue weighted by Crippen LogP contribution is 2.29. The Morgan fingerprint density at radius 2 is 1.95 bits per heavy atom. The lowest BCUT2D eigenvalue weighted by Crippen LogP contribution is -2.04. The van der Waals surface area contributed by atoms with Crippen LogP contribution in [-0.2, 0) is 13.0 Å². The summed E-state index contributed by atoms with van der Waals surface area (Å²) in [6, 6.07) is 7.97. The molecule has 0 aliphatic carbocycles. The van der Waals surface area contributed by atoms with E-state index in [4.69, 9.17) is 34.8 Å². The molecular weight excluding hydrogens is 347 g/mol. The molecular formula is C15H13Cl3N2S. The third-order valence-corrected chi connectivity index (χ3v) is 5.19.